The normalized spacial score (nSPS) is 10.5. The van der Waals surface area contributed by atoms with Gasteiger partial charge in [0.25, 0.3) is 0 Å². The van der Waals surface area contributed by atoms with Crippen LogP contribution in [0.5, 0.6) is 0 Å². The van der Waals surface area contributed by atoms with Gasteiger partial charge in [-0.05, 0) is 23.3 Å². The van der Waals surface area contributed by atoms with Crippen molar-refractivity contribution in [3.05, 3.63) is 64.6 Å². The first-order chi connectivity index (χ1) is 10.7. The third kappa shape index (κ3) is 2.89. The number of benzene rings is 2. The zero-order chi connectivity index (χ0) is 15.5. The molecule has 1 heterocycles. The minimum Gasteiger partial charge on any atom is -0.465 e. The Morgan fingerprint density at radius 1 is 1.09 bits per heavy atom. The minimum atomic E-state index is -0.435. The summed E-state index contributed by atoms with van der Waals surface area (Å²) >= 11 is 7.76. The second kappa shape index (κ2) is 6.30. The predicted molar refractivity (Wildman–Crippen MR) is 89.3 cm³/mol. The molecule has 2 aromatic carbocycles. The van der Waals surface area contributed by atoms with E-state index in [-0.39, 0.29) is 0 Å². The number of aromatic nitrogens is 1. The van der Waals surface area contributed by atoms with Crippen molar-refractivity contribution in [2.75, 3.05) is 7.11 Å². The summed E-state index contributed by atoms with van der Waals surface area (Å²) in [4.78, 5) is 15.8. The molecule has 1 aromatic heterocycles. The Morgan fingerprint density at radius 2 is 1.77 bits per heavy atom. The van der Waals surface area contributed by atoms with Gasteiger partial charge in [-0.25, -0.2) is 9.78 Å². The van der Waals surface area contributed by atoms with Crippen molar-refractivity contribution in [3.8, 4) is 21.7 Å². The molecule has 0 N–H and O–H groups in total. The van der Waals surface area contributed by atoms with Crippen molar-refractivity contribution in [2.45, 2.75) is 0 Å². The lowest BCUT2D eigenvalue weighted by atomic mass is 10.0. The van der Waals surface area contributed by atoms with Gasteiger partial charge in [-0.1, -0.05) is 41.9 Å². The fourth-order valence-corrected chi connectivity index (χ4v) is 3.04. The van der Waals surface area contributed by atoms with E-state index < -0.39 is 5.97 Å². The molecule has 0 atom stereocenters. The van der Waals surface area contributed by atoms with Crippen molar-refractivity contribution in [3.63, 3.8) is 0 Å². The van der Waals surface area contributed by atoms with Crippen LogP contribution < -0.4 is 0 Å². The Hall–Kier alpha value is -2.17. The van der Waals surface area contributed by atoms with E-state index in [0.717, 1.165) is 21.7 Å². The maximum absolute atomic E-state index is 11.5. The number of thiazole rings is 1. The Balaban J connectivity index is 1.91. The van der Waals surface area contributed by atoms with Gasteiger partial charge in [0, 0.05) is 17.1 Å². The summed E-state index contributed by atoms with van der Waals surface area (Å²) in [6.07, 6.45) is 1.79. The molecular formula is C17H12ClNO2S. The van der Waals surface area contributed by atoms with Crippen molar-refractivity contribution in [1.29, 1.82) is 0 Å². The molecule has 0 bridgehead atoms. The summed E-state index contributed by atoms with van der Waals surface area (Å²) in [5, 5.41) is 3.33. The minimum absolute atomic E-state index is 0.368. The summed E-state index contributed by atoms with van der Waals surface area (Å²) in [5.74, 6) is -0.435. The Bertz CT molecular complexity index is 798. The number of ether oxygens (including phenoxy) is 1. The molecule has 0 saturated carbocycles. The maximum Gasteiger partial charge on any atom is 0.339 e. The standard InChI is InChI=1S/C17H12ClNO2S/c1-21-17(20)14-7-6-13(10-15(14)18)11-2-4-12(5-3-11)16-19-8-9-22-16/h2-10H,1H3. The molecule has 3 rings (SSSR count). The Labute approximate surface area is 137 Å². The molecule has 5 heteroatoms. The molecule has 3 aromatic rings. The number of methoxy groups -OCH3 is 1. The van der Waals surface area contributed by atoms with E-state index in [1.807, 2.05) is 35.7 Å². The number of carbonyl (C=O) groups excluding carboxylic acids is 1. The third-order valence-electron chi connectivity index (χ3n) is 3.27. The first kappa shape index (κ1) is 14.8. The third-order valence-corrected chi connectivity index (χ3v) is 4.41. The number of rotatable bonds is 3. The highest BCUT2D eigenvalue weighted by atomic mass is 35.5. The van der Waals surface area contributed by atoms with Gasteiger partial charge in [-0.15, -0.1) is 11.3 Å². The molecule has 22 heavy (non-hydrogen) atoms. The molecule has 0 aliphatic carbocycles. The highest BCUT2D eigenvalue weighted by Gasteiger charge is 2.11. The quantitative estimate of drug-likeness (QED) is 0.640. The zero-order valence-corrected chi connectivity index (χ0v) is 13.3. The van der Waals surface area contributed by atoms with Crippen LogP contribution in [-0.4, -0.2) is 18.1 Å². The van der Waals surface area contributed by atoms with Crippen LogP contribution in [0.2, 0.25) is 5.02 Å². The number of halogens is 1. The summed E-state index contributed by atoms with van der Waals surface area (Å²) in [5.41, 5.74) is 3.42. The average Bonchev–Trinajstić information content (AvgIpc) is 3.08. The number of hydrogen-bond acceptors (Lipinski definition) is 4. The van der Waals surface area contributed by atoms with E-state index in [1.165, 1.54) is 7.11 Å². The van der Waals surface area contributed by atoms with Crippen LogP contribution in [0.1, 0.15) is 10.4 Å². The second-order valence-electron chi connectivity index (χ2n) is 4.60. The highest BCUT2D eigenvalue weighted by molar-refractivity contribution is 7.13. The maximum atomic E-state index is 11.5. The molecular weight excluding hydrogens is 318 g/mol. The summed E-state index contributed by atoms with van der Waals surface area (Å²) in [6.45, 7) is 0. The molecule has 3 nitrogen and oxygen atoms in total. The first-order valence-corrected chi connectivity index (χ1v) is 7.83. The fraction of sp³-hybridized carbons (Fsp3) is 0.0588. The number of esters is 1. The Kier molecular flexibility index (Phi) is 4.22. The van der Waals surface area contributed by atoms with Crippen LogP contribution in [-0.2, 0) is 4.74 Å². The van der Waals surface area contributed by atoms with Crippen LogP contribution in [0.15, 0.2) is 54.0 Å². The smallest absolute Gasteiger partial charge is 0.339 e. The highest BCUT2D eigenvalue weighted by Crippen LogP contribution is 2.29. The molecule has 0 saturated heterocycles. The largest absolute Gasteiger partial charge is 0.465 e. The SMILES string of the molecule is COC(=O)c1ccc(-c2ccc(-c3nccs3)cc2)cc1Cl. The topological polar surface area (TPSA) is 39.2 Å². The summed E-state index contributed by atoms with van der Waals surface area (Å²) < 4.78 is 4.69. The van der Waals surface area contributed by atoms with E-state index in [1.54, 1.807) is 29.7 Å². The van der Waals surface area contributed by atoms with E-state index >= 15 is 0 Å². The average molecular weight is 330 g/mol. The predicted octanol–water partition coefficient (Wildman–Crippen LogP) is 4.92. The molecule has 110 valence electrons. The number of hydrogen-bond donors (Lipinski definition) is 0. The molecule has 0 radical (unpaired) electrons. The molecule has 0 aliphatic heterocycles. The molecule has 0 amide bonds. The lowest BCUT2D eigenvalue weighted by molar-refractivity contribution is 0.0601. The molecule has 0 spiro atoms. The first-order valence-electron chi connectivity index (χ1n) is 6.57. The second-order valence-corrected chi connectivity index (χ2v) is 5.90. The number of carbonyl (C=O) groups is 1. The number of nitrogens with zero attached hydrogens (tertiary/aromatic N) is 1. The lowest BCUT2D eigenvalue weighted by Crippen LogP contribution is -2.01. The fourth-order valence-electron chi connectivity index (χ4n) is 2.14. The van der Waals surface area contributed by atoms with Gasteiger partial charge in [0.2, 0.25) is 0 Å². The van der Waals surface area contributed by atoms with Crippen molar-refractivity contribution in [2.24, 2.45) is 0 Å². The van der Waals surface area contributed by atoms with Crippen LogP contribution in [0.3, 0.4) is 0 Å². The van der Waals surface area contributed by atoms with Gasteiger partial charge in [-0.2, -0.15) is 0 Å². The van der Waals surface area contributed by atoms with Crippen molar-refractivity contribution >= 4 is 28.9 Å². The van der Waals surface area contributed by atoms with Gasteiger partial charge in [-0.3, -0.25) is 0 Å². The van der Waals surface area contributed by atoms with Crippen LogP contribution in [0.25, 0.3) is 21.7 Å². The van der Waals surface area contributed by atoms with Gasteiger partial charge in [0.15, 0.2) is 0 Å². The van der Waals surface area contributed by atoms with E-state index in [9.17, 15) is 4.79 Å². The van der Waals surface area contributed by atoms with Crippen LogP contribution >= 0.6 is 22.9 Å². The van der Waals surface area contributed by atoms with E-state index in [4.69, 9.17) is 16.3 Å². The Morgan fingerprint density at radius 3 is 2.36 bits per heavy atom. The van der Waals surface area contributed by atoms with Gasteiger partial charge < -0.3 is 4.74 Å². The van der Waals surface area contributed by atoms with Crippen molar-refractivity contribution in [1.82, 2.24) is 4.98 Å². The van der Waals surface area contributed by atoms with E-state index in [0.29, 0.717) is 10.6 Å². The van der Waals surface area contributed by atoms with Crippen molar-refractivity contribution < 1.29 is 9.53 Å². The summed E-state index contributed by atoms with van der Waals surface area (Å²) in [6, 6.07) is 13.4. The zero-order valence-electron chi connectivity index (χ0n) is 11.7. The lowest BCUT2D eigenvalue weighted by Gasteiger charge is -2.07. The monoisotopic (exact) mass is 329 g/mol. The molecule has 0 aliphatic rings. The van der Waals surface area contributed by atoms with Crippen LogP contribution in [0.4, 0.5) is 0 Å². The van der Waals surface area contributed by atoms with Gasteiger partial charge >= 0.3 is 5.97 Å². The van der Waals surface area contributed by atoms with Gasteiger partial charge in [0.1, 0.15) is 5.01 Å². The van der Waals surface area contributed by atoms with Crippen LogP contribution in [0, 0.1) is 0 Å². The summed E-state index contributed by atoms with van der Waals surface area (Å²) in [7, 11) is 1.34. The molecule has 0 fully saturated rings. The van der Waals surface area contributed by atoms with Gasteiger partial charge in [0.05, 0.1) is 17.7 Å². The molecule has 0 unspecified atom stereocenters. The van der Waals surface area contributed by atoms with E-state index in [2.05, 4.69) is 4.98 Å².